The molecule has 0 bridgehead atoms. The summed E-state index contributed by atoms with van der Waals surface area (Å²) < 4.78 is 0. The summed E-state index contributed by atoms with van der Waals surface area (Å²) in [6.45, 7) is 26.1. The molecule has 0 spiro atoms. The van der Waals surface area contributed by atoms with E-state index in [9.17, 15) is 10.2 Å². The van der Waals surface area contributed by atoms with Crippen LogP contribution in [-0.4, -0.2) is 10.2 Å². The predicted molar refractivity (Wildman–Crippen MR) is 150 cm³/mol. The van der Waals surface area contributed by atoms with Gasteiger partial charge in [-0.05, 0) is 56.0 Å². The van der Waals surface area contributed by atoms with E-state index in [0.717, 1.165) is 43.6 Å². The topological polar surface area (TPSA) is 40.5 Å². The highest BCUT2D eigenvalue weighted by Gasteiger charge is 2.35. The van der Waals surface area contributed by atoms with Gasteiger partial charge in [0.2, 0.25) is 0 Å². The summed E-state index contributed by atoms with van der Waals surface area (Å²) in [5.41, 5.74) is 5.90. The van der Waals surface area contributed by atoms with Crippen LogP contribution >= 0.6 is 23.5 Å². The van der Waals surface area contributed by atoms with Gasteiger partial charge in [-0.1, -0.05) is 94.8 Å². The zero-order chi connectivity index (χ0) is 26.0. The number of benzene rings is 2. The van der Waals surface area contributed by atoms with Crippen molar-refractivity contribution in [2.75, 3.05) is 0 Å². The Bertz CT molecular complexity index is 1010. The fourth-order valence-electron chi connectivity index (χ4n) is 4.78. The van der Waals surface area contributed by atoms with Gasteiger partial charge in [-0.3, -0.25) is 0 Å². The van der Waals surface area contributed by atoms with Crippen LogP contribution in [0.25, 0.3) is 0 Å². The SMILES string of the molecule is CC(C)(C)c1cc2c(c(C(C)(C)C)c1O)Sc1c(cc(C(C)(C)C)c(O)c1C(C)(C)C)CSC2. The first kappa shape index (κ1) is 27.3. The standard InChI is InChI=1S/C30H44O2S2/c1-27(2,3)19-13-17-15-33-16-18-14-20(28(4,5)6)24(32)22(30(10,11)12)26(18)34-25(17)21(23(19)31)29(7,8)9/h13-14,31-32H,15-16H2,1-12H3. The molecule has 2 aromatic carbocycles. The maximum absolute atomic E-state index is 11.6. The highest BCUT2D eigenvalue weighted by Crippen LogP contribution is 2.54. The quantitative estimate of drug-likeness (QED) is 0.378. The van der Waals surface area contributed by atoms with Gasteiger partial charge >= 0.3 is 0 Å². The Morgan fingerprint density at radius 1 is 0.559 bits per heavy atom. The summed E-state index contributed by atoms with van der Waals surface area (Å²) in [5, 5.41) is 23.2. The lowest BCUT2D eigenvalue weighted by molar-refractivity contribution is 0.417. The van der Waals surface area contributed by atoms with E-state index in [-0.39, 0.29) is 21.7 Å². The first-order valence-electron chi connectivity index (χ1n) is 12.3. The lowest BCUT2D eigenvalue weighted by Crippen LogP contribution is -2.21. The Kier molecular flexibility index (Phi) is 6.99. The second kappa shape index (κ2) is 8.69. The molecular weight excluding hydrogens is 456 g/mol. The first-order chi connectivity index (χ1) is 15.2. The number of rotatable bonds is 0. The van der Waals surface area contributed by atoms with Crippen molar-refractivity contribution in [1.82, 2.24) is 0 Å². The van der Waals surface area contributed by atoms with Crippen LogP contribution in [-0.2, 0) is 33.2 Å². The summed E-state index contributed by atoms with van der Waals surface area (Å²) in [6.07, 6.45) is 0. The molecule has 188 valence electrons. The molecule has 1 aliphatic rings. The summed E-state index contributed by atoms with van der Waals surface area (Å²) >= 11 is 3.68. The number of fused-ring (bicyclic) bond motifs is 2. The van der Waals surface area contributed by atoms with Crippen molar-refractivity contribution in [2.45, 2.75) is 126 Å². The molecule has 2 nitrogen and oxygen atoms in total. The molecule has 4 heteroatoms. The summed E-state index contributed by atoms with van der Waals surface area (Å²) in [4.78, 5) is 2.31. The minimum absolute atomic E-state index is 0.148. The average molecular weight is 501 g/mol. The Labute approximate surface area is 216 Å². The van der Waals surface area contributed by atoms with Gasteiger partial charge in [0.15, 0.2) is 0 Å². The van der Waals surface area contributed by atoms with Gasteiger partial charge in [0.25, 0.3) is 0 Å². The van der Waals surface area contributed by atoms with Crippen molar-refractivity contribution >= 4 is 23.5 Å². The lowest BCUT2D eigenvalue weighted by Gasteiger charge is -2.35. The van der Waals surface area contributed by atoms with Gasteiger partial charge in [0, 0.05) is 32.4 Å². The van der Waals surface area contributed by atoms with Crippen molar-refractivity contribution in [3.05, 3.63) is 45.5 Å². The van der Waals surface area contributed by atoms with E-state index in [1.54, 1.807) is 11.8 Å². The fourth-order valence-corrected chi connectivity index (χ4v) is 7.70. The van der Waals surface area contributed by atoms with Gasteiger partial charge in [-0.15, -0.1) is 0 Å². The third-order valence-corrected chi connectivity index (χ3v) is 8.86. The molecule has 3 rings (SSSR count). The van der Waals surface area contributed by atoms with E-state index < -0.39 is 0 Å². The van der Waals surface area contributed by atoms with Crippen LogP contribution in [0.15, 0.2) is 21.9 Å². The van der Waals surface area contributed by atoms with Crippen LogP contribution in [0, 0.1) is 0 Å². The minimum Gasteiger partial charge on any atom is -0.507 e. The zero-order valence-corrected chi connectivity index (χ0v) is 24.9. The number of hydrogen-bond donors (Lipinski definition) is 2. The van der Waals surface area contributed by atoms with Gasteiger partial charge < -0.3 is 10.2 Å². The Morgan fingerprint density at radius 2 is 0.882 bits per heavy atom. The van der Waals surface area contributed by atoms with Crippen LogP contribution in [0.4, 0.5) is 0 Å². The van der Waals surface area contributed by atoms with Gasteiger partial charge in [-0.25, -0.2) is 0 Å². The molecule has 0 radical (unpaired) electrons. The maximum Gasteiger partial charge on any atom is 0.124 e. The molecule has 2 N–H and O–H groups in total. The number of hydrogen-bond acceptors (Lipinski definition) is 4. The molecule has 0 saturated carbocycles. The van der Waals surface area contributed by atoms with E-state index in [2.05, 4.69) is 95.2 Å². The third-order valence-electron chi connectivity index (χ3n) is 6.49. The number of phenols is 2. The molecule has 0 fully saturated rings. The summed E-state index contributed by atoms with van der Waals surface area (Å²) in [5.74, 6) is 2.66. The molecule has 0 atom stereocenters. The monoisotopic (exact) mass is 500 g/mol. The molecule has 0 unspecified atom stereocenters. The molecule has 0 saturated heterocycles. The molecule has 1 aliphatic heterocycles. The van der Waals surface area contributed by atoms with E-state index >= 15 is 0 Å². The number of phenolic OH excluding ortho intramolecular Hbond substituents is 2. The smallest absolute Gasteiger partial charge is 0.124 e. The zero-order valence-electron chi connectivity index (χ0n) is 23.3. The van der Waals surface area contributed by atoms with Crippen molar-refractivity contribution in [3.63, 3.8) is 0 Å². The molecule has 0 aliphatic carbocycles. The predicted octanol–water partition coefficient (Wildman–Crippen LogP) is 9.19. The van der Waals surface area contributed by atoms with E-state index in [0.29, 0.717) is 11.5 Å². The van der Waals surface area contributed by atoms with Gasteiger partial charge in [-0.2, -0.15) is 11.8 Å². The van der Waals surface area contributed by atoms with Crippen LogP contribution < -0.4 is 0 Å². The Balaban J connectivity index is 2.43. The lowest BCUT2D eigenvalue weighted by atomic mass is 9.78. The average Bonchev–Trinajstić information content (AvgIpc) is 2.58. The van der Waals surface area contributed by atoms with Crippen LogP contribution in [0.5, 0.6) is 11.5 Å². The van der Waals surface area contributed by atoms with Crippen LogP contribution in [0.3, 0.4) is 0 Å². The highest BCUT2D eigenvalue weighted by atomic mass is 32.2. The summed E-state index contributed by atoms with van der Waals surface area (Å²) in [7, 11) is 0. The fraction of sp³-hybridized carbons (Fsp3) is 0.600. The number of aromatic hydroxyl groups is 2. The third kappa shape index (κ3) is 5.14. The molecular formula is C30H44O2S2. The molecule has 0 aromatic heterocycles. The minimum atomic E-state index is -0.220. The van der Waals surface area contributed by atoms with Crippen molar-refractivity contribution < 1.29 is 10.2 Å². The van der Waals surface area contributed by atoms with Crippen molar-refractivity contribution in [1.29, 1.82) is 0 Å². The van der Waals surface area contributed by atoms with E-state index in [4.69, 9.17) is 0 Å². The normalized spacial score (nSPS) is 15.4. The maximum atomic E-state index is 11.6. The largest absolute Gasteiger partial charge is 0.507 e. The second-order valence-corrected chi connectivity index (χ2v) is 15.9. The van der Waals surface area contributed by atoms with Gasteiger partial charge in [0.1, 0.15) is 11.5 Å². The molecule has 1 heterocycles. The second-order valence-electron chi connectivity index (χ2n) is 13.9. The van der Waals surface area contributed by atoms with E-state index in [1.807, 2.05) is 11.8 Å². The number of thioether (sulfide) groups is 1. The molecule has 34 heavy (non-hydrogen) atoms. The first-order valence-corrected chi connectivity index (χ1v) is 14.3. The van der Waals surface area contributed by atoms with Gasteiger partial charge in [0.05, 0.1) is 0 Å². The van der Waals surface area contributed by atoms with Crippen molar-refractivity contribution in [3.8, 4) is 11.5 Å². The molecule has 2 aromatic rings. The van der Waals surface area contributed by atoms with Crippen molar-refractivity contribution in [2.24, 2.45) is 0 Å². The summed E-state index contributed by atoms with van der Waals surface area (Å²) in [6, 6.07) is 4.45. The highest BCUT2D eigenvalue weighted by molar-refractivity contribution is 8.00. The van der Waals surface area contributed by atoms with Crippen LogP contribution in [0.1, 0.15) is 116 Å². The Morgan fingerprint density at radius 3 is 1.15 bits per heavy atom. The molecule has 0 amide bonds. The van der Waals surface area contributed by atoms with E-state index in [1.165, 1.54) is 11.1 Å². The van der Waals surface area contributed by atoms with Crippen LogP contribution in [0.2, 0.25) is 0 Å². The Hall–Kier alpha value is -1.26.